The van der Waals surface area contributed by atoms with E-state index in [0.29, 0.717) is 36.5 Å². The summed E-state index contributed by atoms with van der Waals surface area (Å²) in [7, 11) is 1.49. The summed E-state index contributed by atoms with van der Waals surface area (Å²) in [5, 5.41) is 5.56. The van der Waals surface area contributed by atoms with Crippen LogP contribution in [0.15, 0.2) is 48.9 Å². The van der Waals surface area contributed by atoms with Crippen LogP contribution in [-0.2, 0) is 4.74 Å². The van der Waals surface area contributed by atoms with Gasteiger partial charge in [0, 0.05) is 24.8 Å². The van der Waals surface area contributed by atoms with Crippen molar-refractivity contribution in [1.29, 1.82) is 0 Å². The third-order valence-electron chi connectivity index (χ3n) is 4.45. The van der Waals surface area contributed by atoms with Crippen molar-refractivity contribution in [3.63, 3.8) is 0 Å². The molecule has 0 fully saturated rings. The summed E-state index contributed by atoms with van der Waals surface area (Å²) >= 11 is 0. The molecule has 8 nitrogen and oxygen atoms in total. The number of carbonyl (C=O) groups excluding carboxylic acids is 2. The number of ether oxygens (including phenoxy) is 2. The fourth-order valence-corrected chi connectivity index (χ4v) is 2.93. The number of anilines is 1. The van der Waals surface area contributed by atoms with Crippen molar-refractivity contribution in [2.45, 2.75) is 18.9 Å². The van der Waals surface area contributed by atoms with Gasteiger partial charge in [0.15, 0.2) is 0 Å². The van der Waals surface area contributed by atoms with Crippen molar-refractivity contribution in [3.8, 4) is 5.75 Å². The summed E-state index contributed by atoms with van der Waals surface area (Å²) in [5.74, 6) is -0.255. The lowest BCUT2D eigenvalue weighted by Crippen LogP contribution is -2.26. The van der Waals surface area contributed by atoms with Gasteiger partial charge in [-0.2, -0.15) is 0 Å². The first-order chi connectivity index (χ1) is 14.1. The number of amides is 2. The molecule has 0 saturated carbocycles. The van der Waals surface area contributed by atoms with E-state index in [1.54, 1.807) is 36.7 Å². The predicted octanol–water partition coefficient (Wildman–Crippen LogP) is 2.40. The van der Waals surface area contributed by atoms with Gasteiger partial charge in [-0.25, -0.2) is 0 Å². The summed E-state index contributed by atoms with van der Waals surface area (Å²) in [6.45, 7) is 0.950. The summed E-state index contributed by atoms with van der Waals surface area (Å²) in [6, 6.07) is 8.40. The zero-order chi connectivity index (χ0) is 20.6. The minimum atomic E-state index is -0.377. The molecule has 2 heterocycles. The van der Waals surface area contributed by atoms with Crippen LogP contribution in [0, 0.1) is 0 Å². The minimum Gasteiger partial charge on any atom is -0.496 e. The molecule has 29 heavy (non-hydrogen) atoms. The van der Waals surface area contributed by atoms with Crippen molar-refractivity contribution in [2.24, 2.45) is 5.73 Å². The molecular formula is C21H24N4O4. The molecule has 0 saturated heterocycles. The second-order valence-electron chi connectivity index (χ2n) is 6.47. The number of hydrogen-bond acceptors (Lipinski definition) is 6. The molecule has 2 aromatic rings. The highest BCUT2D eigenvalue weighted by Crippen LogP contribution is 2.27. The molecule has 1 aliphatic heterocycles. The SMILES string of the molecule is COc1ccc(NC(=O)c2cc(C3CC=CO3)ccn2)cc1C(=O)NCCCN. The van der Waals surface area contributed by atoms with Gasteiger partial charge in [0.1, 0.15) is 17.5 Å². The van der Waals surface area contributed by atoms with Crippen LogP contribution in [0.1, 0.15) is 45.4 Å². The van der Waals surface area contributed by atoms with E-state index in [1.807, 2.05) is 12.1 Å². The Morgan fingerprint density at radius 2 is 2.14 bits per heavy atom. The third kappa shape index (κ3) is 5.11. The number of rotatable bonds is 8. The zero-order valence-electron chi connectivity index (χ0n) is 16.2. The highest BCUT2D eigenvalue weighted by Gasteiger charge is 2.18. The molecular weight excluding hydrogens is 372 g/mol. The number of aromatic nitrogens is 1. The van der Waals surface area contributed by atoms with Gasteiger partial charge in [0.05, 0.1) is 18.9 Å². The summed E-state index contributed by atoms with van der Waals surface area (Å²) in [4.78, 5) is 29.2. The Balaban J connectivity index is 1.74. The van der Waals surface area contributed by atoms with Crippen molar-refractivity contribution >= 4 is 17.5 Å². The van der Waals surface area contributed by atoms with Crippen LogP contribution in [0.4, 0.5) is 5.69 Å². The van der Waals surface area contributed by atoms with Gasteiger partial charge in [0.25, 0.3) is 11.8 Å². The molecule has 1 unspecified atom stereocenters. The molecule has 1 aromatic heterocycles. The highest BCUT2D eigenvalue weighted by atomic mass is 16.5. The maximum atomic E-state index is 12.7. The van der Waals surface area contributed by atoms with Crippen LogP contribution in [0.3, 0.4) is 0 Å². The van der Waals surface area contributed by atoms with Crippen molar-refractivity contribution in [1.82, 2.24) is 10.3 Å². The Hall–Kier alpha value is -3.39. The van der Waals surface area contributed by atoms with Gasteiger partial charge in [0.2, 0.25) is 0 Å². The number of nitrogens with two attached hydrogens (primary N) is 1. The van der Waals surface area contributed by atoms with E-state index in [4.69, 9.17) is 15.2 Å². The third-order valence-corrected chi connectivity index (χ3v) is 4.45. The van der Waals surface area contributed by atoms with E-state index in [1.165, 1.54) is 7.11 Å². The van der Waals surface area contributed by atoms with E-state index in [0.717, 1.165) is 12.0 Å². The number of hydrogen-bond donors (Lipinski definition) is 3. The Labute approximate surface area is 169 Å². The molecule has 2 amide bonds. The van der Waals surface area contributed by atoms with Crippen LogP contribution in [0.5, 0.6) is 5.75 Å². The van der Waals surface area contributed by atoms with Gasteiger partial charge >= 0.3 is 0 Å². The lowest BCUT2D eigenvalue weighted by Gasteiger charge is -2.13. The summed E-state index contributed by atoms with van der Waals surface area (Å²) < 4.78 is 10.8. The number of nitrogens with zero attached hydrogens (tertiary/aromatic N) is 1. The molecule has 1 atom stereocenters. The molecule has 152 valence electrons. The average Bonchev–Trinajstić information content (AvgIpc) is 3.29. The largest absolute Gasteiger partial charge is 0.496 e. The van der Waals surface area contributed by atoms with Crippen LogP contribution in [0.25, 0.3) is 0 Å². The van der Waals surface area contributed by atoms with Crippen molar-refractivity contribution < 1.29 is 19.1 Å². The lowest BCUT2D eigenvalue weighted by molar-refractivity contribution is 0.0949. The predicted molar refractivity (Wildman–Crippen MR) is 109 cm³/mol. The van der Waals surface area contributed by atoms with E-state index in [-0.39, 0.29) is 23.6 Å². The number of methoxy groups -OCH3 is 1. The first-order valence-electron chi connectivity index (χ1n) is 9.36. The molecule has 1 aliphatic rings. The van der Waals surface area contributed by atoms with Crippen LogP contribution in [0.2, 0.25) is 0 Å². The van der Waals surface area contributed by atoms with Crippen molar-refractivity contribution in [3.05, 3.63) is 65.7 Å². The molecule has 8 heteroatoms. The van der Waals surface area contributed by atoms with Crippen LogP contribution < -0.4 is 21.1 Å². The number of carbonyl (C=O) groups is 2. The molecule has 4 N–H and O–H groups in total. The standard InChI is InChI=1S/C21H24N4O4/c1-28-19-6-5-15(13-16(19)20(26)24-9-3-8-22)25-21(27)17-12-14(7-10-23-17)18-4-2-11-29-18/h2,5-7,10-13,18H,3-4,8-9,22H2,1H3,(H,24,26)(H,25,27). The second-order valence-corrected chi connectivity index (χ2v) is 6.47. The second kappa shape index (κ2) is 9.70. The van der Waals surface area contributed by atoms with E-state index in [2.05, 4.69) is 15.6 Å². The lowest BCUT2D eigenvalue weighted by atomic mass is 10.1. The average molecular weight is 396 g/mol. The summed E-state index contributed by atoms with van der Waals surface area (Å²) in [5.41, 5.74) is 7.39. The monoisotopic (exact) mass is 396 g/mol. The molecule has 0 bridgehead atoms. The Morgan fingerprint density at radius 1 is 1.28 bits per heavy atom. The van der Waals surface area contributed by atoms with Crippen LogP contribution >= 0.6 is 0 Å². The smallest absolute Gasteiger partial charge is 0.274 e. The van der Waals surface area contributed by atoms with E-state index >= 15 is 0 Å². The molecule has 1 aromatic carbocycles. The summed E-state index contributed by atoms with van der Waals surface area (Å²) in [6.07, 6.45) is 6.49. The van der Waals surface area contributed by atoms with Gasteiger partial charge in [-0.1, -0.05) is 0 Å². The number of nitrogens with one attached hydrogen (secondary N) is 2. The fraction of sp³-hybridized carbons (Fsp3) is 0.286. The Bertz CT molecular complexity index is 905. The van der Waals surface area contributed by atoms with Gasteiger partial charge < -0.3 is 25.8 Å². The first kappa shape index (κ1) is 20.3. The highest BCUT2D eigenvalue weighted by molar-refractivity contribution is 6.04. The Morgan fingerprint density at radius 3 is 2.86 bits per heavy atom. The maximum absolute atomic E-state index is 12.7. The number of benzene rings is 1. The normalized spacial score (nSPS) is 14.9. The molecule has 0 spiro atoms. The van der Waals surface area contributed by atoms with Gasteiger partial charge in [-0.15, -0.1) is 0 Å². The zero-order valence-corrected chi connectivity index (χ0v) is 16.2. The maximum Gasteiger partial charge on any atom is 0.274 e. The molecule has 3 rings (SSSR count). The van der Waals surface area contributed by atoms with Gasteiger partial charge in [-0.3, -0.25) is 14.6 Å². The van der Waals surface area contributed by atoms with E-state index in [9.17, 15) is 9.59 Å². The van der Waals surface area contributed by atoms with E-state index < -0.39 is 0 Å². The minimum absolute atomic E-state index is 0.102. The molecule has 0 radical (unpaired) electrons. The van der Waals surface area contributed by atoms with Gasteiger partial charge in [-0.05, 0) is 54.9 Å². The van der Waals surface area contributed by atoms with Crippen LogP contribution in [-0.4, -0.2) is 37.0 Å². The molecule has 0 aliphatic carbocycles. The number of pyridine rings is 1. The fourth-order valence-electron chi connectivity index (χ4n) is 2.93. The Kier molecular flexibility index (Phi) is 6.80. The van der Waals surface area contributed by atoms with Crippen molar-refractivity contribution in [2.75, 3.05) is 25.5 Å². The quantitative estimate of drug-likeness (QED) is 0.590. The first-order valence-corrected chi connectivity index (χ1v) is 9.36. The topological polar surface area (TPSA) is 116 Å².